The Kier molecular flexibility index (Phi) is 4.25. The van der Waals surface area contributed by atoms with Gasteiger partial charge in [0.2, 0.25) is 0 Å². The molecule has 2 aromatic rings. The molecule has 1 N–H and O–H groups in total. The molecule has 0 amide bonds. The van der Waals surface area contributed by atoms with Gasteiger partial charge in [-0.2, -0.15) is 5.10 Å². The van der Waals surface area contributed by atoms with Crippen molar-refractivity contribution in [1.82, 2.24) is 25.1 Å². The Morgan fingerprint density at radius 1 is 1.23 bits per heavy atom. The topological polar surface area (TPSA) is 57.7 Å². The van der Waals surface area contributed by atoms with E-state index in [0.29, 0.717) is 12.0 Å². The van der Waals surface area contributed by atoms with Gasteiger partial charge in [-0.15, -0.1) is 0 Å². The fraction of sp³-hybridized carbons (Fsp3) is 0.588. The van der Waals surface area contributed by atoms with Gasteiger partial charge in [0.1, 0.15) is 0 Å². The summed E-state index contributed by atoms with van der Waals surface area (Å²) in [5, 5.41) is 7.24. The van der Waals surface area contributed by atoms with Crippen LogP contribution in [0.1, 0.15) is 49.7 Å². The molecule has 3 heterocycles. The fourth-order valence-electron chi connectivity index (χ4n) is 3.32. The Labute approximate surface area is 132 Å². The maximum Gasteiger partial charge on any atom is 0.0922 e. The Morgan fingerprint density at radius 2 is 2.05 bits per heavy atom. The van der Waals surface area contributed by atoms with E-state index >= 15 is 0 Å². The number of piperidine rings is 1. The summed E-state index contributed by atoms with van der Waals surface area (Å²) in [5.41, 5.74) is 5.12. The SMILES string of the molecule is Cc1n[nH]c(C)c1-c1cnc([C@H]2CCCN(C(C)C)C2)cn1. The van der Waals surface area contributed by atoms with E-state index in [9.17, 15) is 0 Å². The first-order chi connectivity index (χ1) is 10.6. The Morgan fingerprint density at radius 3 is 2.64 bits per heavy atom. The maximum atomic E-state index is 4.70. The molecule has 3 rings (SSSR count). The van der Waals surface area contributed by atoms with Crippen molar-refractivity contribution in [3.05, 3.63) is 29.5 Å². The number of aryl methyl sites for hydroxylation is 2. The number of aromatic amines is 1. The van der Waals surface area contributed by atoms with Gasteiger partial charge in [-0.25, -0.2) is 0 Å². The van der Waals surface area contributed by atoms with Crippen LogP contribution in [0.3, 0.4) is 0 Å². The first-order valence-corrected chi connectivity index (χ1v) is 8.14. The number of hydrogen-bond donors (Lipinski definition) is 1. The largest absolute Gasteiger partial charge is 0.300 e. The monoisotopic (exact) mass is 299 g/mol. The average Bonchev–Trinajstić information content (AvgIpc) is 2.86. The van der Waals surface area contributed by atoms with E-state index in [2.05, 4.69) is 33.9 Å². The lowest BCUT2D eigenvalue weighted by Gasteiger charge is -2.35. The lowest BCUT2D eigenvalue weighted by atomic mass is 9.94. The molecule has 22 heavy (non-hydrogen) atoms. The maximum absolute atomic E-state index is 4.70. The van der Waals surface area contributed by atoms with Crippen LogP contribution >= 0.6 is 0 Å². The van der Waals surface area contributed by atoms with Crippen LogP contribution in [0.5, 0.6) is 0 Å². The second-order valence-electron chi connectivity index (χ2n) is 6.56. The lowest BCUT2D eigenvalue weighted by Crippen LogP contribution is -2.39. The molecule has 0 aliphatic carbocycles. The van der Waals surface area contributed by atoms with Gasteiger partial charge in [-0.3, -0.25) is 15.1 Å². The molecular formula is C17H25N5. The van der Waals surface area contributed by atoms with Crippen molar-refractivity contribution < 1.29 is 0 Å². The molecule has 0 radical (unpaired) electrons. The number of H-pyrrole nitrogens is 1. The van der Waals surface area contributed by atoms with Crippen molar-refractivity contribution in [3.63, 3.8) is 0 Å². The van der Waals surface area contributed by atoms with E-state index in [4.69, 9.17) is 4.98 Å². The molecule has 5 nitrogen and oxygen atoms in total. The zero-order chi connectivity index (χ0) is 15.7. The Hall–Kier alpha value is -1.75. The van der Waals surface area contributed by atoms with E-state index in [1.807, 2.05) is 26.2 Å². The zero-order valence-electron chi connectivity index (χ0n) is 13.9. The molecule has 1 aliphatic heterocycles. The minimum atomic E-state index is 0.504. The van der Waals surface area contributed by atoms with Crippen LogP contribution in [0.25, 0.3) is 11.3 Å². The fourth-order valence-corrected chi connectivity index (χ4v) is 3.32. The van der Waals surface area contributed by atoms with Gasteiger partial charge < -0.3 is 4.90 Å². The Bertz CT molecular complexity index is 609. The van der Waals surface area contributed by atoms with Crippen molar-refractivity contribution in [2.45, 2.75) is 52.5 Å². The summed E-state index contributed by atoms with van der Waals surface area (Å²) in [7, 11) is 0. The minimum Gasteiger partial charge on any atom is -0.300 e. The summed E-state index contributed by atoms with van der Waals surface area (Å²) in [5.74, 6) is 0.504. The van der Waals surface area contributed by atoms with E-state index in [1.165, 1.54) is 19.4 Å². The van der Waals surface area contributed by atoms with Gasteiger partial charge in [0, 0.05) is 36.0 Å². The first-order valence-electron chi connectivity index (χ1n) is 8.14. The molecular weight excluding hydrogens is 274 g/mol. The summed E-state index contributed by atoms with van der Waals surface area (Å²) in [6.45, 7) is 10.8. The van der Waals surface area contributed by atoms with Crippen LogP contribution in [0.15, 0.2) is 12.4 Å². The van der Waals surface area contributed by atoms with Crippen LogP contribution in [0.4, 0.5) is 0 Å². The highest BCUT2D eigenvalue weighted by Crippen LogP contribution is 2.28. The van der Waals surface area contributed by atoms with Crippen LogP contribution in [-0.2, 0) is 0 Å². The van der Waals surface area contributed by atoms with Gasteiger partial charge in [-0.05, 0) is 47.1 Å². The summed E-state index contributed by atoms with van der Waals surface area (Å²) in [6.07, 6.45) is 6.30. The summed E-state index contributed by atoms with van der Waals surface area (Å²) >= 11 is 0. The lowest BCUT2D eigenvalue weighted by molar-refractivity contribution is 0.166. The predicted molar refractivity (Wildman–Crippen MR) is 87.8 cm³/mol. The number of nitrogens with zero attached hydrogens (tertiary/aromatic N) is 4. The number of aromatic nitrogens is 4. The predicted octanol–water partition coefficient (Wildman–Crippen LogP) is 3.07. The number of nitrogens with one attached hydrogen (secondary N) is 1. The molecule has 1 saturated heterocycles. The number of hydrogen-bond acceptors (Lipinski definition) is 4. The van der Waals surface area contributed by atoms with E-state index in [0.717, 1.165) is 34.9 Å². The van der Waals surface area contributed by atoms with E-state index in [1.54, 1.807) is 0 Å². The standard InChI is InChI=1S/C17H25N5/c1-11(2)22-7-5-6-14(10-22)15-8-19-16(9-18-15)17-12(3)20-21-13(17)4/h8-9,11,14H,5-7,10H2,1-4H3,(H,20,21)/t14-/m0/s1. The van der Waals surface area contributed by atoms with Gasteiger partial charge in [0.15, 0.2) is 0 Å². The van der Waals surface area contributed by atoms with Crippen molar-refractivity contribution in [1.29, 1.82) is 0 Å². The zero-order valence-corrected chi connectivity index (χ0v) is 13.9. The normalized spacial score (nSPS) is 19.8. The van der Waals surface area contributed by atoms with Crippen molar-refractivity contribution >= 4 is 0 Å². The molecule has 0 aromatic carbocycles. The van der Waals surface area contributed by atoms with Gasteiger partial charge >= 0.3 is 0 Å². The van der Waals surface area contributed by atoms with Crippen LogP contribution in [0.2, 0.25) is 0 Å². The molecule has 5 heteroatoms. The third kappa shape index (κ3) is 2.90. The second-order valence-corrected chi connectivity index (χ2v) is 6.56. The third-order valence-corrected chi connectivity index (χ3v) is 4.66. The van der Waals surface area contributed by atoms with E-state index in [-0.39, 0.29) is 0 Å². The summed E-state index contributed by atoms with van der Waals surface area (Å²) < 4.78 is 0. The summed E-state index contributed by atoms with van der Waals surface area (Å²) in [6, 6.07) is 0.603. The smallest absolute Gasteiger partial charge is 0.0922 e. The molecule has 2 aromatic heterocycles. The molecule has 1 fully saturated rings. The highest BCUT2D eigenvalue weighted by Gasteiger charge is 2.24. The van der Waals surface area contributed by atoms with Crippen LogP contribution < -0.4 is 0 Å². The van der Waals surface area contributed by atoms with Crippen LogP contribution in [-0.4, -0.2) is 44.2 Å². The Balaban J connectivity index is 1.80. The molecule has 0 bridgehead atoms. The average molecular weight is 299 g/mol. The summed E-state index contributed by atoms with van der Waals surface area (Å²) in [4.78, 5) is 11.9. The highest BCUT2D eigenvalue weighted by atomic mass is 15.2. The highest BCUT2D eigenvalue weighted by molar-refractivity contribution is 5.63. The van der Waals surface area contributed by atoms with Crippen molar-refractivity contribution in [3.8, 4) is 11.3 Å². The molecule has 0 unspecified atom stereocenters. The first kappa shape index (κ1) is 15.2. The third-order valence-electron chi connectivity index (χ3n) is 4.66. The van der Waals surface area contributed by atoms with Gasteiger partial charge in [0.25, 0.3) is 0 Å². The van der Waals surface area contributed by atoms with Crippen molar-refractivity contribution in [2.24, 2.45) is 0 Å². The molecule has 1 aliphatic rings. The van der Waals surface area contributed by atoms with Crippen molar-refractivity contribution in [2.75, 3.05) is 13.1 Å². The number of rotatable bonds is 3. The molecule has 118 valence electrons. The second kappa shape index (κ2) is 6.16. The van der Waals surface area contributed by atoms with E-state index < -0.39 is 0 Å². The molecule has 1 atom stereocenters. The minimum absolute atomic E-state index is 0.504. The molecule has 0 saturated carbocycles. The van der Waals surface area contributed by atoms with Crippen LogP contribution in [0, 0.1) is 13.8 Å². The van der Waals surface area contributed by atoms with Gasteiger partial charge in [0.05, 0.1) is 23.3 Å². The quantitative estimate of drug-likeness (QED) is 0.946. The molecule has 0 spiro atoms. The number of likely N-dealkylation sites (tertiary alicyclic amines) is 1. The van der Waals surface area contributed by atoms with Gasteiger partial charge in [-0.1, -0.05) is 0 Å².